The highest BCUT2D eigenvalue weighted by atomic mass is 127. The van der Waals surface area contributed by atoms with E-state index in [1.165, 1.54) is 10.0 Å². The highest BCUT2D eigenvalue weighted by Crippen LogP contribution is 2.36. The van der Waals surface area contributed by atoms with Crippen LogP contribution in [-0.2, 0) is 4.79 Å². The molecule has 3 nitrogen and oxygen atoms in total. The van der Waals surface area contributed by atoms with E-state index in [9.17, 15) is 9.90 Å². The predicted molar refractivity (Wildman–Crippen MR) is 72.8 cm³/mol. The van der Waals surface area contributed by atoms with Gasteiger partial charge >= 0.3 is 0 Å². The van der Waals surface area contributed by atoms with Crippen molar-refractivity contribution in [2.24, 2.45) is 0 Å². The van der Waals surface area contributed by atoms with Crippen LogP contribution in [0, 0.1) is 0 Å². The summed E-state index contributed by atoms with van der Waals surface area (Å²) in [6.07, 6.45) is 0. The van der Waals surface area contributed by atoms with Crippen LogP contribution in [0.1, 0.15) is 6.92 Å². The molecule has 0 heterocycles. The summed E-state index contributed by atoms with van der Waals surface area (Å²) in [5.41, 5.74) is 0.520. The molecule has 2 aromatic carbocycles. The van der Waals surface area contributed by atoms with Crippen LogP contribution in [0.4, 0.5) is 5.69 Å². The predicted octanol–water partition coefficient (Wildman–Crippen LogP) is 3.25. The highest BCUT2D eigenvalue weighted by Gasteiger charge is 2.14. The van der Waals surface area contributed by atoms with Gasteiger partial charge in [0.2, 0.25) is 5.91 Å². The van der Waals surface area contributed by atoms with E-state index in [0.29, 0.717) is 5.69 Å². The van der Waals surface area contributed by atoms with Crippen LogP contribution in [0.2, 0.25) is 0 Å². The maximum atomic E-state index is 11.2. The second-order valence-corrected chi connectivity index (χ2v) is 4.42. The van der Waals surface area contributed by atoms with Crippen LogP contribution < -0.4 is 3.11 Å². The number of fused-ring (bicyclic) bond motifs is 1. The fraction of sp³-hybridized carbons (Fsp3) is 0.0833. The summed E-state index contributed by atoms with van der Waals surface area (Å²) in [7, 11) is 0. The molecule has 4 heteroatoms. The smallest absolute Gasteiger partial charge is 0.232 e. The van der Waals surface area contributed by atoms with Gasteiger partial charge in [-0.2, -0.15) is 0 Å². The maximum absolute atomic E-state index is 11.2. The van der Waals surface area contributed by atoms with E-state index in [1.807, 2.05) is 53.2 Å². The summed E-state index contributed by atoms with van der Waals surface area (Å²) in [6.45, 7) is 1.46. The molecule has 0 fully saturated rings. The minimum atomic E-state index is -0.119. The number of halogens is 1. The summed E-state index contributed by atoms with van der Waals surface area (Å²) in [5, 5.41) is 11.8. The molecule has 0 aliphatic rings. The number of benzene rings is 2. The first-order valence-electron chi connectivity index (χ1n) is 4.78. The summed E-state index contributed by atoms with van der Waals surface area (Å²) in [6, 6.07) is 11.2. The minimum Gasteiger partial charge on any atom is -0.505 e. The van der Waals surface area contributed by atoms with Crippen molar-refractivity contribution in [3.8, 4) is 5.75 Å². The molecule has 0 saturated heterocycles. The van der Waals surface area contributed by atoms with E-state index >= 15 is 0 Å². The SMILES string of the molecule is CC(=O)N(I)c1ccc2ccccc2c1O. The molecule has 0 saturated carbocycles. The monoisotopic (exact) mass is 327 g/mol. The number of aromatic hydroxyl groups is 1. The van der Waals surface area contributed by atoms with Crippen molar-refractivity contribution >= 4 is 45.2 Å². The first-order valence-corrected chi connectivity index (χ1v) is 5.75. The van der Waals surface area contributed by atoms with Crippen molar-refractivity contribution in [3.05, 3.63) is 36.4 Å². The number of carbonyl (C=O) groups excluding carboxylic acids is 1. The second kappa shape index (κ2) is 4.29. The quantitative estimate of drug-likeness (QED) is 0.645. The van der Waals surface area contributed by atoms with Crippen LogP contribution in [-0.4, -0.2) is 11.0 Å². The Labute approximate surface area is 107 Å². The van der Waals surface area contributed by atoms with E-state index < -0.39 is 0 Å². The molecule has 2 aromatic rings. The second-order valence-electron chi connectivity index (χ2n) is 3.45. The van der Waals surface area contributed by atoms with Crippen LogP contribution in [0.15, 0.2) is 36.4 Å². The Morgan fingerprint density at radius 3 is 2.62 bits per heavy atom. The topological polar surface area (TPSA) is 40.5 Å². The minimum absolute atomic E-state index is 0.119. The van der Waals surface area contributed by atoms with E-state index in [1.54, 1.807) is 6.07 Å². The molecule has 82 valence electrons. The van der Waals surface area contributed by atoms with Gasteiger partial charge in [-0.25, -0.2) is 3.11 Å². The average Bonchev–Trinajstić information content (AvgIpc) is 2.29. The molecule has 0 bridgehead atoms. The van der Waals surface area contributed by atoms with Gasteiger partial charge in [0.05, 0.1) is 28.6 Å². The Morgan fingerprint density at radius 2 is 1.94 bits per heavy atom. The normalized spacial score (nSPS) is 10.4. The number of rotatable bonds is 1. The van der Waals surface area contributed by atoms with Crippen molar-refractivity contribution in [1.82, 2.24) is 0 Å². The van der Waals surface area contributed by atoms with Crippen molar-refractivity contribution in [2.45, 2.75) is 6.92 Å². The lowest BCUT2D eigenvalue weighted by molar-refractivity contribution is -0.115. The molecule has 0 spiro atoms. The van der Waals surface area contributed by atoms with Crippen molar-refractivity contribution in [3.63, 3.8) is 0 Å². The van der Waals surface area contributed by atoms with Gasteiger partial charge in [0.1, 0.15) is 5.75 Å². The Hall–Kier alpha value is -1.30. The number of amides is 1. The lowest BCUT2D eigenvalue weighted by Crippen LogP contribution is -2.15. The zero-order valence-electron chi connectivity index (χ0n) is 8.64. The molecule has 0 aliphatic heterocycles. The van der Waals surface area contributed by atoms with Crippen LogP contribution in [0.3, 0.4) is 0 Å². The van der Waals surface area contributed by atoms with Gasteiger partial charge < -0.3 is 5.11 Å². The molecule has 16 heavy (non-hydrogen) atoms. The molecular weight excluding hydrogens is 317 g/mol. The lowest BCUT2D eigenvalue weighted by Gasteiger charge is -2.15. The molecule has 0 aromatic heterocycles. The number of anilines is 1. The van der Waals surface area contributed by atoms with E-state index in [-0.39, 0.29) is 11.7 Å². The number of nitrogens with zero attached hydrogens (tertiary/aromatic N) is 1. The fourth-order valence-corrected chi connectivity index (χ4v) is 1.96. The number of phenolic OH excluding ortho intramolecular Hbond substituents is 1. The molecule has 1 amide bonds. The standard InChI is InChI=1S/C12H10INO2/c1-8(15)14(13)11-7-6-9-4-2-3-5-10(9)12(11)16/h2-7,16H,1H3. The van der Waals surface area contributed by atoms with Gasteiger partial charge in [0.25, 0.3) is 0 Å². The van der Waals surface area contributed by atoms with Gasteiger partial charge in [-0.05, 0) is 11.5 Å². The van der Waals surface area contributed by atoms with Gasteiger partial charge in [-0.1, -0.05) is 30.3 Å². The van der Waals surface area contributed by atoms with Crippen LogP contribution in [0.25, 0.3) is 10.8 Å². The van der Waals surface area contributed by atoms with E-state index in [2.05, 4.69) is 0 Å². The van der Waals surface area contributed by atoms with Crippen molar-refractivity contribution in [2.75, 3.05) is 3.11 Å². The average molecular weight is 327 g/mol. The van der Waals surface area contributed by atoms with Crippen LogP contribution in [0.5, 0.6) is 5.75 Å². The third kappa shape index (κ3) is 1.84. The Bertz CT molecular complexity index is 554. The third-order valence-corrected chi connectivity index (χ3v) is 3.57. The molecule has 0 unspecified atom stereocenters. The van der Waals surface area contributed by atoms with Gasteiger partial charge in [0.15, 0.2) is 0 Å². The van der Waals surface area contributed by atoms with E-state index in [4.69, 9.17) is 0 Å². The molecule has 0 atom stereocenters. The summed E-state index contributed by atoms with van der Waals surface area (Å²) >= 11 is 1.88. The maximum Gasteiger partial charge on any atom is 0.232 e. The summed E-state index contributed by atoms with van der Waals surface area (Å²) < 4.78 is 1.40. The lowest BCUT2D eigenvalue weighted by atomic mass is 10.1. The Morgan fingerprint density at radius 1 is 1.25 bits per heavy atom. The molecule has 0 aliphatic carbocycles. The number of phenols is 1. The third-order valence-electron chi connectivity index (χ3n) is 2.37. The first kappa shape index (κ1) is 11.2. The molecule has 2 rings (SSSR count). The summed E-state index contributed by atoms with van der Waals surface area (Å²) in [5.74, 6) is 0.0221. The van der Waals surface area contributed by atoms with Crippen molar-refractivity contribution in [1.29, 1.82) is 0 Å². The number of hydrogen-bond donors (Lipinski definition) is 1. The molecular formula is C12H10INO2. The molecule has 0 radical (unpaired) electrons. The van der Waals surface area contributed by atoms with Gasteiger partial charge in [-0.3, -0.25) is 4.79 Å². The Kier molecular flexibility index (Phi) is 3.00. The fourth-order valence-electron chi connectivity index (χ4n) is 1.57. The van der Waals surface area contributed by atoms with Crippen LogP contribution >= 0.6 is 22.9 Å². The van der Waals surface area contributed by atoms with E-state index in [0.717, 1.165) is 10.8 Å². The number of carbonyl (C=O) groups is 1. The largest absolute Gasteiger partial charge is 0.505 e. The zero-order valence-corrected chi connectivity index (χ0v) is 10.8. The highest BCUT2D eigenvalue weighted by molar-refractivity contribution is 14.1. The number of hydrogen-bond acceptors (Lipinski definition) is 2. The first-order chi connectivity index (χ1) is 7.61. The summed E-state index contributed by atoms with van der Waals surface area (Å²) in [4.78, 5) is 11.2. The van der Waals surface area contributed by atoms with Gasteiger partial charge in [0, 0.05) is 12.3 Å². The molecule has 1 N–H and O–H groups in total. The Balaban J connectivity index is 2.65. The van der Waals surface area contributed by atoms with Gasteiger partial charge in [-0.15, -0.1) is 0 Å². The zero-order chi connectivity index (χ0) is 11.7. The van der Waals surface area contributed by atoms with Crippen molar-refractivity contribution < 1.29 is 9.90 Å².